The lowest BCUT2D eigenvalue weighted by Crippen LogP contribution is -2.16. The first-order valence-corrected chi connectivity index (χ1v) is 6.73. The van der Waals surface area contributed by atoms with Crippen LogP contribution >= 0.6 is 0 Å². The monoisotopic (exact) mass is 282 g/mol. The van der Waals surface area contributed by atoms with Crippen molar-refractivity contribution in [3.63, 3.8) is 0 Å². The van der Waals surface area contributed by atoms with Crippen LogP contribution in [-0.4, -0.2) is 29.5 Å². The van der Waals surface area contributed by atoms with Crippen LogP contribution in [0.3, 0.4) is 0 Å². The Bertz CT molecular complexity index is 540. The van der Waals surface area contributed by atoms with Gasteiger partial charge in [0.25, 0.3) is 5.56 Å². The molecule has 1 N–H and O–H groups in total. The van der Waals surface area contributed by atoms with Crippen LogP contribution in [0.2, 0.25) is 0 Å². The van der Waals surface area contributed by atoms with Crippen molar-refractivity contribution < 1.29 is 14.3 Å². The summed E-state index contributed by atoms with van der Waals surface area (Å²) in [6.07, 6.45) is 3.66. The number of aromatic nitrogens is 2. The fraction of sp³-hybridized carbons (Fsp3) is 0.571. The maximum atomic E-state index is 12.2. The van der Waals surface area contributed by atoms with Crippen molar-refractivity contribution in [1.82, 2.24) is 9.78 Å². The third kappa shape index (κ3) is 3.76. The number of esters is 1. The molecule has 6 heteroatoms. The Morgan fingerprint density at radius 1 is 1.40 bits per heavy atom. The molecule has 0 aliphatic carbocycles. The number of unbranched alkanes of at least 4 members (excludes halogenated alkanes) is 1. The first-order valence-electron chi connectivity index (χ1n) is 6.73. The number of hydrogen-bond acceptors (Lipinski definition) is 4. The molecule has 0 aliphatic heterocycles. The van der Waals surface area contributed by atoms with Gasteiger partial charge in [-0.25, -0.2) is 0 Å². The molecule has 0 aliphatic rings. The molecule has 1 aromatic rings. The number of hydrogen-bond donors (Lipinski definition) is 1. The first-order chi connectivity index (χ1) is 9.54. The molecule has 0 atom stereocenters. The van der Waals surface area contributed by atoms with Crippen molar-refractivity contribution in [2.45, 2.75) is 33.1 Å². The number of carbonyl (C=O) groups is 1. The predicted molar refractivity (Wildman–Crippen MR) is 76.3 cm³/mol. The number of aromatic amines is 1. The number of methoxy groups -OCH3 is 1. The summed E-state index contributed by atoms with van der Waals surface area (Å²) in [4.78, 5) is 23.6. The van der Waals surface area contributed by atoms with E-state index < -0.39 is 5.97 Å². The second-order valence-electron chi connectivity index (χ2n) is 4.37. The molecule has 0 bridgehead atoms. The smallest absolute Gasteiger partial charge is 0.311 e. The van der Waals surface area contributed by atoms with E-state index in [9.17, 15) is 9.59 Å². The Kier molecular flexibility index (Phi) is 6.09. The highest BCUT2D eigenvalue weighted by molar-refractivity contribution is 5.74. The Morgan fingerprint density at radius 2 is 2.10 bits per heavy atom. The molecule has 0 fully saturated rings. The van der Waals surface area contributed by atoms with Gasteiger partial charge in [0.05, 0.1) is 25.8 Å². The number of rotatable bonds is 7. The minimum absolute atomic E-state index is 0.0124. The summed E-state index contributed by atoms with van der Waals surface area (Å²) >= 11 is 0. The SMILES string of the molecule is CCCC=C(OCC)c1c(CC(=O)OC)[nH]n(C)c1=O. The van der Waals surface area contributed by atoms with E-state index in [0.717, 1.165) is 12.8 Å². The minimum Gasteiger partial charge on any atom is -0.493 e. The normalized spacial score (nSPS) is 11.5. The van der Waals surface area contributed by atoms with Crippen LogP contribution in [0, 0.1) is 0 Å². The molecule has 1 aromatic heterocycles. The van der Waals surface area contributed by atoms with Crippen molar-refractivity contribution in [1.29, 1.82) is 0 Å². The van der Waals surface area contributed by atoms with Gasteiger partial charge in [0.1, 0.15) is 11.3 Å². The molecule has 0 aromatic carbocycles. The topological polar surface area (TPSA) is 73.3 Å². The van der Waals surface area contributed by atoms with Crippen LogP contribution in [0.1, 0.15) is 37.9 Å². The van der Waals surface area contributed by atoms with Gasteiger partial charge >= 0.3 is 5.97 Å². The van der Waals surface area contributed by atoms with E-state index in [1.54, 1.807) is 7.05 Å². The van der Waals surface area contributed by atoms with Gasteiger partial charge in [-0.3, -0.25) is 19.4 Å². The highest BCUT2D eigenvalue weighted by atomic mass is 16.5. The number of nitrogens with one attached hydrogen (secondary N) is 1. The maximum absolute atomic E-state index is 12.2. The molecule has 0 amide bonds. The Labute approximate surface area is 118 Å². The molecule has 6 nitrogen and oxygen atoms in total. The summed E-state index contributed by atoms with van der Waals surface area (Å²) in [5, 5.41) is 2.88. The lowest BCUT2D eigenvalue weighted by molar-refractivity contribution is -0.139. The van der Waals surface area contributed by atoms with E-state index in [4.69, 9.17) is 4.74 Å². The van der Waals surface area contributed by atoms with Crippen LogP contribution in [-0.2, 0) is 27.7 Å². The standard InChI is InChI=1S/C14H22N2O4/c1-5-7-8-11(20-6-2)13-10(9-12(17)19-4)15-16(3)14(13)18/h8,15H,5-7,9H2,1-4H3. The average Bonchev–Trinajstić information content (AvgIpc) is 2.70. The van der Waals surface area contributed by atoms with Gasteiger partial charge in [-0.2, -0.15) is 0 Å². The van der Waals surface area contributed by atoms with Crippen LogP contribution < -0.4 is 5.56 Å². The van der Waals surface area contributed by atoms with Crippen molar-refractivity contribution in [3.8, 4) is 0 Å². The third-order valence-electron chi connectivity index (χ3n) is 2.84. The fourth-order valence-corrected chi connectivity index (χ4v) is 1.87. The Hall–Kier alpha value is -1.98. The molecule has 1 heterocycles. The van der Waals surface area contributed by atoms with Crippen LogP contribution in [0.5, 0.6) is 0 Å². The van der Waals surface area contributed by atoms with Crippen LogP contribution in [0.4, 0.5) is 0 Å². The molecule has 1 rings (SSSR count). The molecule has 0 saturated heterocycles. The highest BCUT2D eigenvalue weighted by Gasteiger charge is 2.20. The van der Waals surface area contributed by atoms with Crippen molar-refractivity contribution in [2.24, 2.45) is 7.05 Å². The van der Waals surface area contributed by atoms with E-state index >= 15 is 0 Å². The Balaban J connectivity index is 3.24. The summed E-state index contributed by atoms with van der Waals surface area (Å²) in [7, 11) is 2.93. The largest absolute Gasteiger partial charge is 0.493 e. The van der Waals surface area contributed by atoms with Gasteiger partial charge in [-0.15, -0.1) is 0 Å². The molecule has 0 saturated carbocycles. The number of carbonyl (C=O) groups excluding carboxylic acids is 1. The zero-order valence-corrected chi connectivity index (χ0v) is 12.5. The molecule has 112 valence electrons. The van der Waals surface area contributed by atoms with E-state index in [1.807, 2.05) is 19.9 Å². The van der Waals surface area contributed by atoms with Gasteiger partial charge in [-0.1, -0.05) is 13.3 Å². The number of ether oxygens (including phenoxy) is 2. The quantitative estimate of drug-likeness (QED) is 0.609. The number of aryl methyl sites for hydroxylation is 1. The van der Waals surface area contributed by atoms with E-state index in [-0.39, 0.29) is 12.0 Å². The average molecular weight is 282 g/mol. The summed E-state index contributed by atoms with van der Waals surface area (Å²) in [5.41, 5.74) is 0.716. The Morgan fingerprint density at radius 3 is 2.65 bits per heavy atom. The van der Waals surface area contributed by atoms with Gasteiger partial charge in [0, 0.05) is 7.05 Å². The molecule has 0 radical (unpaired) electrons. The molecular formula is C14H22N2O4. The molecular weight excluding hydrogens is 260 g/mol. The number of allylic oxidation sites excluding steroid dienone is 1. The van der Waals surface area contributed by atoms with Crippen LogP contribution in [0.25, 0.3) is 5.76 Å². The molecule has 0 spiro atoms. The number of nitrogens with zero attached hydrogens (tertiary/aromatic N) is 1. The first kappa shape index (κ1) is 16.1. The third-order valence-corrected chi connectivity index (χ3v) is 2.84. The van der Waals surface area contributed by atoms with E-state index in [2.05, 4.69) is 9.84 Å². The second kappa shape index (κ2) is 7.57. The maximum Gasteiger partial charge on any atom is 0.311 e. The van der Waals surface area contributed by atoms with Gasteiger partial charge < -0.3 is 9.47 Å². The van der Waals surface area contributed by atoms with Gasteiger partial charge in [-0.05, 0) is 19.4 Å². The van der Waals surface area contributed by atoms with Gasteiger partial charge in [0.15, 0.2) is 0 Å². The summed E-state index contributed by atoms with van der Waals surface area (Å²) in [6.45, 7) is 4.36. The van der Waals surface area contributed by atoms with Crippen molar-refractivity contribution in [2.75, 3.05) is 13.7 Å². The lowest BCUT2D eigenvalue weighted by atomic mass is 10.1. The predicted octanol–water partition coefficient (Wildman–Crippen LogP) is 1.61. The van der Waals surface area contributed by atoms with Gasteiger partial charge in [0.2, 0.25) is 0 Å². The zero-order chi connectivity index (χ0) is 15.1. The highest BCUT2D eigenvalue weighted by Crippen LogP contribution is 2.18. The lowest BCUT2D eigenvalue weighted by Gasteiger charge is -2.08. The fourth-order valence-electron chi connectivity index (χ4n) is 1.87. The molecule has 0 unspecified atom stereocenters. The summed E-state index contributed by atoms with van der Waals surface area (Å²) < 4.78 is 11.5. The summed E-state index contributed by atoms with van der Waals surface area (Å²) in [6, 6.07) is 0. The van der Waals surface area contributed by atoms with E-state index in [1.165, 1.54) is 11.8 Å². The van der Waals surface area contributed by atoms with Crippen molar-refractivity contribution >= 4 is 11.7 Å². The van der Waals surface area contributed by atoms with Crippen LogP contribution in [0.15, 0.2) is 10.9 Å². The zero-order valence-electron chi connectivity index (χ0n) is 12.5. The minimum atomic E-state index is -0.403. The second-order valence-corrected chi connectivity index (χ2v) is 4.37. The van der Waals surface area contributed by atoms with Crippen molar-refractivity contribution in [3.05, 3.63) is 27.7 Å². The summed E-state index contributed by atoms with van der Waals surface area (Å²) in [5.74, 6) is 0.120. The molecule has 20 heavy (non-hydrogen) atoms. The number of H-pyrrole nitrogens is 1. The van der Waals surface area contributed by atoms with E-state index in [0.29, 0.717) is 23.6 Å².